The van der Waals surface area contributed by atoms with Crippen LogP contribution in [-0.4, -0.2) is 65.0 Å². The molecule has 1 aromatic heterocycles. The van der Waals surface area contributed by atoms with E-state index in [0.717, 1.165) is 52.7 Å². The molecule has 39 heavy (non-hydrogen) atoms. The normalized spacial score (nSPS) is 23.6. The Balaban J connectivity index is 1.39. The minimum absolute atomic E-state index is 0.123. The van der Waals surface area contributed by atoms with Crippen LogP contribution in [0.25, 0.3) is 10.9 Å². The molecule has 2 amide bonds. The van der Waals surface area contributed by atoms with Crippen molar-refractivity contribution in [1.82, 2.24) is 19.7 Å². The van der Waals surface area contributed by atoms with Crippen LogP contribution < -0.4 is 10.1 Å². The van der Waals surface area contributed by atoms with Gasteiger partial charge in [0.2, 0.25) is 5.91 Å². The molecule has 2 aliphatic heterocycles. The quantitative estimate of drug-likeness (QED) is 0.359. The van der Waals surface area contributed by atoms with Gasteiger partial charge in [-0.25, -0.2) is 0 Å². The largest absolute Gasteiger partial charge is 0.497 e. The minimum Gasteiger partial charge on any atom is -0.497 e. The molecule has 1 N–H and O–H groups in total. The number of piperidine rings is 1. The third-order valence-electron chi connectivity index (χ3n) is 8.24. The summed E-state index contributed by atoms with van der Waals surface area (Å²) in [6.07, 6.45) is 2.17. The maximum atomic E-state index is 14.0. The van der Waals surface area contributed by atoms with Crippen LogP contribution in [-0.2, 0) is 17.9 Å². The maximum Gasteiger partial charge on any atom is 0.271 e. The molecule has 7 nitrogen and oxygen atoms in total. The summed E-state index contributed by atoms with van der Waals surface area (Å²) in [7, 11) is 1.63. The summed E-state index contributed by atoms with van der Waals surface area (Å²) in [5.74, 6) is 1.88. The van der Waals surface area contributed by atoms with Gasteiger partial charge < -0.3 is 24.4 Å². The molecule has 0 saturated carbocycles. The lowest BCUT2D eigenvalue weighted by Crippen LogP contribution is -2.63. The summed E-state index contributed by atoms with van der Waals surface area (Å²) in [5.41, 5.74) is 1.39. The summed E-state index contributed by atoms with van der Waals surface area (Å²) in [6, 6.07) is 15.6. The predicted molar refractivity (Wildman–Crippen MR) is 158 cm³/mol. The van der Waals surface area contributed by atoms with Crippen LogP contribution in [0.2, 0.25) is 0 Å². The zero-order valence-corrected chi connectivity index (χ0v) is 25.0. The molecule has 0 bridgehead atoms. The fourth-order valence-corrected chi connectivity index (χ4v) is 6.84. The number of hydrogen-bond acceptors (Lipinski definition) is 4. The monoisotopic (exact) mass is 594 g/mol. The average molecular weight is 596 g/mol. The van der Waals surface area contributed by atoms with E-state index in [1.165, 1.54) is 6.42 Å². The second kappa shape index (κ2) is 11.3. The first kappa shape index (κ1) is 27.7. The summed E-state index contributed by atoms with van der Waals surface area (Å²) < 4.78 is 8.38. The van der Waals surface area contributed by atoms with Crippen LogP contribution >= 0.6 is 15.9 Å². The van der Waals surface area contributed by atoms with Crippen molar-refractivity contribution in [3.63, 3.8) is 0 Å². The van der Waals surface area contributed by atoms with E-state index < -0.39 is 5.54 Å². The van der Waals surface area contributed by atoms with E-state index in [0.29, 0.717) is 37.2 Å². The molecule has 0 aliphatic carbocycles. The van der Waals surface area contributed by atoms with E-state index in [2.05, 4.69) is 40.0 Å². The van der Waals surface area contributed by atoms with Crippen molar-refractivity contribution >= 4 is 38.6 Å². The first-order valence-electron chi connectivity index (χ1n) is 13.9. The van der Waals surface area contributed by atoms with Crippen molar-refractivity contribution in [3.05, 3.63) is 64.3 Å². The van der Waals surface area contributed by atoms with Gasteiger partial charge in [0.05, 0.1) is 19.2 Å². The molecule has 5 rings (SSSR count). The lowest BCUT2D eigenvalue weighted by Gasteiger charge is -2.44. The van der Waals surface area contributed by atoms with E-state index in [9.17, 15) is 9.59 Å². The van der Waals surface area contributed by atoms with Gasteiger partial charge in [0.15, 0.2) is 0 Å². The zero-order valence-electron chi connectivity index (χ0n) is 23.4. The standard InChI is InChI=1S/C31H39BrN4O3/c1-21-13-22(2)18-34(17-21)12-6-11-33-30(38)31(3)20-35-27-16-26(39-4)10-9-24(27)15-28(35)29(37)36(31)19-23-7-5-8-25(32)14-23/h5,7-10,14-16,21-22H,6,11-13,17-20H2,1-4H3,(H,33,38)/t21-,22+,31-/m0/s1. The van der Waals surface area contributed by atoms with E-state index in [-0.39, 0.29) is 11.8 Å². The SMILES string of the molecule is COc1ccc2cc3n(c2c1)C[C@@](C)(C(=O)NCCCN1C[C@H](C)C[C@H](C)C1)N(Cc1cccc(Br)c1)C3=O. The molecular weight excluding hydrogens is 556 g/mol. The maximum absolute atomic E-state index is 14.0. The minimum atomic E-state index is -1.06. The Morgan fingerprint density at radius 1 is 1.13 bits per heavy atom. The van der Waals surface area contributed by atoms with Crippen molar-refractivity contribution < 1.29 is 14.3 Å². The number of amides is 2. The number of carbonyl (C=O) groups excluding carboxylic acids is 2. The van der Waals surface area contributed by atoms with E-state index in [4.69, 9.17) is 4.74 Å². The van der Waals surface area contributed by atoms with Crippen LogP contribution in [0, 0.1) is 11.8 Å². The number of nitrogens with one attached hydrogen (secondary N) is 1. The summed E-state index contributed by atoms with van der Waals surface area (Å²) in [5, 5.41) is 4.14. The second-order valence-corrected chi connectivity index (χ2v) is 12.6. The van der Waals surface area contributed by atoms with Crippen LogP contribution in [0.15, 0.2) is 53.0 Å². The zero-order chi connectivity index (χ0) is 27.7. The number of aromatic nitrogens is 1. The van der Waals surface area contributed by atoms with E-state index in [1.54, 1.807) is 12.0 Å². The highest BCUT2D eigenvalue weighted by Gasteiger charge is 2.47. The summed E-state index contributed by atoms with van der Waals surface area (Å²) in [4.78, 5) is 32.2. The summed E-state index contributed by atoms with van der Waals surface area (Å²) >= 11 is 3.54. The number of rotatable bonds is 8. The van der Waals surface area contributed by atoms with Crippen LogP contribution in [0.3, 0.4) is 0 Å². The number of nitrogens with zero attached hydrogens (tertiary/aromatic N) is 3. The predicted octanol–water partition coefficient (Wildman–Crippen LogP) is 5.31. The Morgan fingerprint density at radius 2 is 1.90 bits per heavy atom. The number of hydrogen-bond donors (Lipinski definition) is 1. The number of likely N-dealkylation sites (tertiary alicyclic amines) is 1. The fourth-order valence-electron chi connectivity index (χ4n) is 6.39. The summed E-state index contributed by atoms with van der Waals surface area (Å²) in [6.45, 7) is 11.0. The number of benzene rings is 2. The van der Waals surface area contributed by atoms with Gasteiger partial charge >= 0.3 is 0 Å². The fraction of sp³-hybridized carbons (Fsp3) is 0.484. The Hall–Kier alpha value is -2.84. The number of ether oxygens (including phenoxy) is 1. The highest BCUT2D eigenvalue weighted by molar-refractivity contribution is 9.10. The van der Waals surface area contributed by atoms with Crippen molar-refractivity contribution in [2.24, 2.45) is 11.8 Å². The molecule has 0 unspecified atom stereocenters. The highest BCUT2D eigenvalue weighted by Crippen LogP contribution is 2.35. The molecule has 8 heteroatoms. The first-order chi connectivity index (χ1) is 18.7. The number of fused-ring (bicyclic) bond motifs is 3. The molecule has 0 spiro atoms. The van der Waals surface area contributed by atoms with Crippen LogP contribution in [0.1, 0.15) is 49.7 Å². The van der Waals surface area contributed by atoms with E-state index >= 15 is 0 Å². The van der Waals surface area contributed by atoms with Crippen molar-refractivity contribution in [2.75, 3.05) is 33.3 Å². The molecule has 3 heterocycles. The topological polar surface area (TPSA) is 66.8 Å². The van der Waals surface area contributed by atoms with Crippen molar-refractivity contribution in [1.29, 1.82) is 0 Å². The van der Waals surface area contributed by atoms with Gasteiger partial charge in [-0.3, -0.25) is 9.59 Å². The molecule has 0 radical (unpaired) electrons. The Morgan fingerprint density at radius 3 is 2.62 bits per heavy atom. The van der Waals surface area contributed by atoms with Crippen LogP contribution in [0.4, 0.5) is 0 Å². The Kier molecular flexibility index (Phi) is 8.06. The van der Waals surface area contributed by atoms with Gasteiger partial charge in [0, 0.05) is 42.1 Å². The third-order valence-corrected chi connectivity index (χ3v) is 8.73. The molecule has 208 valence electrons. The third kappa shape index (κ3) is 5.73. The average Bonchev–Trinajstić information content (AvgIpc) is 3.26. The van der Waals surface area contributed by atoms with Gasteiger partial charge in [-0.1, -0.05) is 41.9 Å². The van der Waals surface area contributed by atoms with Gasteiger partial charge in [-0.05, 0) is 74.0 Å². The molecular formula is C31H39BrN4O3. The van der Waals surface area contributed by atoms with Crippen molar-refractivity contribution in [2.45, 2.75) is 52.2 Å². The molecule has 1 saturated heterocycles. The van der Waals surface area contributed by atoms with Gasteiger partial charge in [-0.15, -0.1) is 0 Å². The van der Waals surface area contributed by atoms with E-state index in [1.807, 2.05) is 60.0 Å². The second-order valence-electron chi connectivity index (χ2n) is 11.7. The lowest BCUT2D eigenvalue weighted by atomic mass is 9.92. The van der Waals surface area contributed by atoms with Gasteiger partial charge in [-0.2, -0.15) is 0 Å². The highest BCUT2D eigenvalue weighted by atomic mass is 79.9. The lowest BCUT2D eigenvalue weighted by molar-refractivity contribution is -0.133. The smallest absolute Gasteiger partial charge is 0.271 e. The number of carbonyl (C=O) groups is 2. The molecule has 3 atom stereocenters. The molecule has 3 aromatic rings. The molecule has 2 aliphatic rings. The van der Waals surface area contributed by atoms with Crippen LogP contribution in [0.5, 0.6) is 5.75 Å². The number of halogens is 1. The Labute approximate surface area is 239 Å². The molecule has 2 aromatic carbocycles. The first-order valence-corrected chi connectivity index (χ1v) is 14.7. The Bertz CT molecular complexity index is 1360. The van der Waals surface area contributed by atoms with Gasteiger partial charge in [0.1, 0.15) is 17.0 Å². The molecule has 1 fully saturated rings. The van der Waals surface area contributed by atoms with Gasteiger partial charge in [0.25, 0.3) is 5.91 Å². The number of methoxy groups -OCH3 is 1. The van der Waals surface area contributed by atoms with Crippen molar-refractivity contribution in [3.8, 4) is 5.75 Å².